The number of H-pyrrole nitrogens is 1. The van der Waals surface area contributed by atoms with Crippen molar-refractivity contribution in [2.45, 2.75) is 18.9 Å². The summed E-state index contributed by atoms with van der Waals surface area (Å²) < 4.78 is 7.60. The Morgan fingerprint density at radius 2 is 1.95 bits per heavy atom. The molecule has 0 aliphatic heterocycles. The van der Waals surface area contributed by atoms with E-state index in [4.69, 9.17) is 4.74 Å². The van der Waals surface area contributed by atoms with E-state index in [0.717, 1.165) is 17.5 Å². The third-order valence-corrected chi connectivity index (χ3v) is 3.37. The molecule has 0 bridgehead atoms. The van der Waals surface area contributed by atoms with E-state index in [2.05, 4.69) is 5.10 Å². The number of hydrogen-bond donors (Lipinski definition) is 1. The molecular formula is C12H13N3O4. The van der Waals surface area contributed by atoms with Gasteiger partial charge in [-0.15, -0.1) is 0 Å². The molecule has 2 heterocycles. The molecule has 1 N–H and O–H groups in total. The van der Waals surface area contributed by atoms with Crippen molar-refractivity contribution in [3.63, 3.8) is 0 Å². The second-order valence-corrected chi connectivity index (χ2v) is 4.70. The van der Waals surface area contributed by atoms with E-state index in [1.165, 1.54) is 24.9 Å². The lowest BCUT2D eigenvalue weighted by molar-refractivity contribution is 0.407. The average Bonchev–Trinajstić information content (AvgIpc) is 3.19. The van der Waals surface area contributed by atoms with Gasteiger partial charge >= 0.3 is 0 Å². The predicted molar refractivity (Wildman–Crippen MR) is 68.9 cm³/mol. The van der Waals surface area contributed by atoms with E-state index in [0.29, 0.717) is 0 Å². The van der Waals surface area contributed by atoms with Crippen molar-refractivity contribution in [1.82, 2.24) is 14.3 Å². The summed E-state index contributed by atoms with van der Waals surface area (Å²) in [4.78, 5) is 36.3. The number of fused-ring (bicyclic) bond motifs is 1. The number of ether oxygens (including phenoxy) is 1. The van der Waals surface area contributed by atoms with Gasteiger partial charge in [0.25, 0.3) is 16.7 Å². The first-order valence-electron chi connectivity index (χ1n) is 5.96. The van der Waals surface area contributed by atoms with Gasteiger partial charge in [-0.3, -0.25) is 24.2 Å². The first-order valence-corrected chi connectivity index (χ1v) is 5.96. The molecular weight excluding hydrogens is 250 g/mol. The van der Waals surface area contributed by atoms with Gasteiger partial charge in [-0.2, -0.15) is 0 Å². The second-order valence-electron chi connectivity index (χ2n) is 4.70. The highest BCUT2D eigenvalue weighted by Gasteiger charge is 2.27. The fraction of sp³-hybridized carbons (Fsp3) is 0.417. The van der Waals surface area contributed by atoms with Crippen LogP contribution < -0.4 is 21.4 Å². The lowest BCUT2D eigenvalue weighted by Crippen LogP contribution is -2.31. The Morgan fingerprint density at radius 1 is 1.26 bits per heavy atom. The number of aromatic amines is 1. The fourth-order valence-corrected chi connectivity index (χ4v) is 2.24. The largest absolute Gasteiger partial charge is 0.490 e. The molecule has 0 spiro atoms. The zero-order valence-electron chi connectivity index (χ0n) is 10.6. The van der Waals surface area contributed by atoms with Crippen LogP contribution in [0.1, 0.15) is 18.9 Å². The molecule has 0 radical (unpaired) electrons. The van der Waals surface area contributed by atoms with E-state index >= 15 is 0 Å². The number of aryl methyl sites for hydroxylation is 1. The van der Waals surface area contributed by atoms with Crippen molar-refractivity contribution in [3.8, 4) is 5.75 Å². The lowest BCUT2D eigenvalue weighted by Gasteiger charge is -2.10. The minimum Gasteiger partial charge on any atom is -0.490 e. The molecule has 1 aliphatic rings. The average molecular weight is 263 g/mol. The highest BCUT2D eigenvalue weighted by Crippen LogP contribution is 2.34. The van der Waals surface area contributed by atoms with E-state index in [1.54, 1.807) is 0 Å². The monoisotopic (exact) mass is 263 g/mol. The molecule has 1 saturated carbocycles. The number of hydrogen-bond acceptors (Lipinski definition) is 4. The molecule has 0 aromatic carbocycles. The summed E-state index contributed by atoms with van der Waals surface area (Å²) >= 11 is 0. The summed E-state index contributed by atoms with van der Waals surface area (Å²) in [6.45, 7) is 0. The Labute approximate surface area is 107 Å². The Bertz CT molecular complexity index is 839. The SMILES string of the molecule is COc1c(=O)n(C2CC2)cc2c(=O)[nH]n(C)c(=O)c12. The molecule has 0 atom stereocenters. The zero-order chi connectivity index (χ0) is 13.7. The maximum Gasteiger partial charge on any atom is 0.294 e. The zero-order valence-corrected chi connectivity index (χ0v) is 10.6. The molecule has 1 fully saturated rings. The summed E-state index contributed by atoms with van der Waals surface area (Å²) in [5.74, 6) is -0.0592. The number of rotatable bonds is 2. The molecule has 19 heavy (non-hydrogen) atoms. The molecule has 7 heteroatoms. The highest BCUT2D eigenvalue weighted by molar-refractivity contribution is 5.85. The van der Waals surface area contributed by atoms with Gasteiger partial charge in [-0.25, -0.2) is 0 Å². The Hall–Kier alpha value is -2.31. The van der Waals surface area contributed by atoms with Gasteiger partial charge in [-0.05, 0) is 12.8 Å². The van der Waals surface area contributed by atoms with Crippen LogP contribution in [0.4, 0.5) is 0 Å². The standard InChI is InChI=1S/C12H13N3O4/c1-14-11(17)8-7(10(16)13-14)5-15(6-3-4-6)12(18)9(8)19-2/h5-6H,3-4H2,1-2H3,(H,13,16). The van der Waals surface area contributed by atoms with Gasteiger partial charge in [0, 0.05) is 19.3 Å². The first-order chi connectivity index (χ1) is 9.04. The molecule has 2 aromatic heterocycles. The minimum atomic E-state index is -0.452. The topological polar surface area (TPSA) is 86.1 Å². The Morgan fingerprint density at radius 3 is 2.53 bits per heavy atom. The lowest BCUT2D eigenvalue weighted by atomic mass is 10.2. The second kappa shape index (κ2) is 3.84. The molecule has 7 nitrogen and oxygen atoms in total. The maximum absolute atomic E-state index is 12.2. The number of methoxy groups -OCH3 is 1. The smallest absolute Gasteiger partial charge is 0.294 e. The van der Waals surface area contributed by atoms with Crippen molar-refractivity contribution in [2.24, 2.45) is 7.05 Å². The number of nitrogens with one attached hydrogen (secondary N) is 1. The van der Waals surface area contributed by atoms with Crippen LogP contribution in [-0.4, -0.2) is 21.5 Å². The normalized spacial score (nSPS) is 14.8. The van der Waals surface area contributed by atoms with E-state index < -0.39 is 11.1 Å². The molecule has 2 aromatic rings. The van der Waals surface area contributed by atoms with Gasteiger partial charge in [0.2, 0.25) is 0 Å². The summed E-state index contributed by atoms with van der Waals surface area (Å²) in [5.41, 5.74) is -1.23. The quantitative estimate of drug-likeness (QED) is 0.808. The molecule has 3 rings (SSSR count). The van der Waals surface area contributed by atoms with E-state index in [-0.39, 0.29) is 28.1 Å². The summed E-state index contributed by atoms with van der Waals surface area (Å²) in [7, 11) is 2.75. The molecule has 1 aliphatic carbocycles. The Kier molecular flexibility index (Phi) is 2.38. The van der Waals surface area contributed by atoms with Gasteiger partial charge in [-0.1, -0.05) is 0 Å². The van der Waals surface area contributed by atoms with Crippen LogP contribution in [0, 0.1) is 0 Å². The summed E-state index contributed by atoms with van der Waals surface area (Å²) in [6.07, 6.45) is 3.26. The maximum atomic E-state index is 12.2. The van der Waals surface area contributed by atoms with Gasteiger partial charge in [0.1, 0.15) is 5.39 Å². The summed E-state index contributed by atoms with van der Waals surface area (Å²) in [5, 5.41) is 2.64. The fourth-order valence-electron chi connectivity index (χ4n) is 2.24. The van der Waals surface area contributed by atoms with Gasteiger partial charge in [0.05, 0.1) is 12.5 Å². The minimum absolute atomic E-state index is 0.0376. The first kappa shape index (κ1) is 11.8. The van der Waals surface area contributed by atoms with Crippen LogP contribution in [0.25, 0.3) is 10.8 Å². The molecule has 0 unspecified atom stereocenters. The van der Waals surface area contributed by atoms with Crippen LogP contribution in [-0.2, 0) is 7.05 Å². The van der Waals surface area contributed by atoms with E-state index in [9.17, 15) is 14.4 Å². The van der Waals surface area contributed by atoms with Gasteiger partial charge in [0.15, 0.2) is 5.75 Å². The molecule has 0 amide bonds. The Balaban J connectivity index is 2.57. The number of pyridine rings is 1. The van der Waals surface area contributed by atoms with Crippen molar-refractivity contribution >= 4 is 10.8 Å². The highest BCUT2D eigenvalue weighted by atomic mass is 16.5. The van der Waals surface area contributed by atoms with Gasteiger partial charge < -0.3 is 9.30 Å². The van der Waals surface area contributed by atoms with Crippen LogP contribution >= 0.6 is 0 Å². The number of nitrogens with zero attached hydrogens (tertiary/aromatic N) is 2. The van der Waals surface area contributed by atoms with E-state index in [1.807, 2.05) is 0 Å². The van der Waals surface area contributed by atoms with Crippen LogP contribution in [0.3, 0.4) is 0 Å². The van der Waals surface area contributed by atoms with Crippen LogP contribution in [0.5, 0.6) is 5.75 Å². The van der Waals surface area contributed by atoms with Crippen molar-refractivity contribution < 1.29 is 4.74 Å². The van der Waals surface area contributed by atoms with Crippen molar-refractivity contribution in [2.75, 3.05) is 7.11 Å². The van der Waals surface area contributed by atoms with Crippen molar-refractivity contribution in [3.05, 3.63) is 37.3 Å². The number of aromatic nitrogens is 3. The predicted octanol–water partition coefficient (Wildman–Crippen LogP) is -0.268. The summed E-state index contributed by atoms with van der Waals surface area (Å²) in [6, 6.07) is 0.106. The van der Waals surface area contributed by atoms with Crippen LogP contribution in [0.15, 0.2) is 20.6 Å². The third-order valence-electron chi connectivity index (χ3n) is 3.37. The molecule has 100 valence electrons. The van der Waals surface area contributed by atoms with Crippen LogP contribution in [0.2, 0.25) is 0 Å². The van der Waals surface area contributed by atoms with Crippen molar-refractivity contribution in [1.29, 1.82) is 0 Å². The third kappa shape index (κ3) is 1.61. The molecule has 0 saturated heterocycles.